The second kappa shape index (κ2) is 11.2. The average molecular weight is 715 g/mol. The van der Waals surface area contributed by atoms with E-state index in [1.165, 1.54) is 0 Å². The van der Waals surface area contributed by atoms with Crippen molar-refractivity contribution < 1.29 is 0 Å². The predicted octanol–water partition coefficient (Wildman–Crippen LogP) is 8.28. The van der Waals surface area contributed by atoms with Crippen LogP contribution in [0, 0.1) is 6.92 Å². The van der Waals surface area contributed by atoms with Gasteiger partial charge < -0.3 is 5.09 Å². The van der Waals surface area contributed by atoms with Crippen LogP contribution in [0.3, 0.4) is 0 Å². The van der Waals surface area contributed by atoms with Gasteiger partial charge in [-0.15, -0.1) is 0 Å². The fraction of sp³-hybridized carbons (Fsp3) is 0.0690. The fourth-order valence-electron chi connectivity index (χ4n) is 4.27. The van der Waals surface area contributed by atoms with Crippen LogP contribution in [0.1, 0.15) is 5.69 Å². The van der Waals surface area contributed by atoms with Crippen LogP contribution in [0.2, 0.25) is 0 Å². The number of hydrogen-bond donors (Lipinski definition) is 1. The maximum Gasteiger partial charge on any atom is 0.295 e. The predicted molar refractivity (Wildman–Crippen MR) is 170 cm³/mol. The molecule has 0 aliphatic heterocycles. The van der Waals surface area contributed by atoms with Gasteiger partial charge in [-0.1, -0.05) is 66.0 Å². The topological polar surface area (TPSA) is 51.3 Å². The number of benzene rings is 4. The molecule has 5 rings (SSSR count). The van der Waals surface area contributed by atoms with Crippen LogP contribution in [-0.2, 0) is 7.05 Å². The molecule has 5 aromatic rings. The van der Waals surface area contributed by atoms with Crippen LogP contribution in [-0.4, -0.2) is 9.36 Å². The van der Waals surface area contributed by atoms with Crippen molar-refractivity contribution in [2.75, 3.05) is 5.09 Å². The van der Waals surface area contributed by atoms with Gasteiger partial charge in [0.1, 0.15) is 12.9 Å². The van der Waals surface area contributed by atoms with E-state index in [9.17, 15) is 4.79 Å². The highest BCUT2D eigenvalue weighted by Gasteiger charge is 2.29. The largest absolute Gasteiger partial charge is 0.339 e. The quantitative estimate of drug-likeness (QED) is 0.180. The first-order valence-electron chi connectivity index (χ1n) is 11.8. The van der Waals surface area contributed by atoms with Crippen LogP contribution in [0.4, 0.5) is 11.4 Å². The summed E-state index contributed by atoms with van der Waals surface area (Å²) in [6, 6.07) is 34.0. The summed E-state index contributed by atoms with van der Waals surface area (Å²) in [6.45, 7) is 1.96. The van der Waals surface area contributed by atoms with Crippen molar-refractivity contribution in [3.8, 4) is 5.69 Å². The Hall–Kier alpha value is -2.64. The third-order valence-electron chi connectivity index (χ3n) is 6.32. The molecule has 0 fully saturated rings. The van der Waals surface area contributed by atoms with Crippen molar-refractivity contribution in [2.24, 2.45) is 11.8 Å². The first-order chi connectivity index (χ1) is 18.3. The molecule has 1 heterocycles. The van der Waals surface area contributed by atoms with Crippen molar-refractivity contribution in [1.82, 2.24) is 9.36 Å². The highest BCUT2D eigenvalue weighted by Crippen LogP contribution is 2.50. The lowest BCUT2D eigenvalue weighted by atomic mass is 10.3. The summed E-state index contributed by atoms with van der Waals surface area (Å²) in [5, 5.41) is 5.74. The fourth-order valence-corrected chi connectivity index (χ4v) is 8.12. The second-order valence-corrected chi connectivity index (χ2v) is 14.2. The lowest BCUT2D eigenvalue weighted by Crippen LogP contribution is -2.25. The molecule has 0 aliphatic rings. The van der Waals surface area contributed by atoms with Gasteiger partial charge in [0.2, 0.25) is 0 Å². The van der Waals surface area contributed by atoms with Crippen molar-refractivity contribution in [2.45, 2.75) is 6.92 Å². The standard InChI is InChI=1S/C29H24Br3N4OP/c1-20-28(29(37)36(35(20)2)25-6-4-3-5-7-25)34-38(26-16-10-22(31)11-17-26,27-18-12-23(32)13-19-27)33-24-14-8-21(30)9-15-24/h3-19,34H,1-2H3. The molecule has 1 N–H and O–H groups in total. The van der Waals surface area contributed by atoms with Crippen LogP contribution in [0.25, 0.3) is 5.69 Å². The molecule has 0 saturated heterocycles. The van der Waals surface area contributed by atoms with E-state index in [1.54, 1.807) is 4.68 Å². The molecule has 0 amide bonds. The summed E-state index contributed by atoms with van der Waals surface area (Å²) in [7, 11) is -0.857. The van der Waals surface area contributed by atoms with Gasteiger partial charge in [-0.05, 0) is 91.9 Å². The van der Waals surface area contributed by atoms with Gasteiger partial charge in [-0.25, -0.2) is 9.43 Å². The van der Waals surface area contributed by atoms with Crippen molar-refractivity contribution >= 4 is 77.0 Å². The molecule has 9 heteroatoms. The Balaban J connectivity index is 1.82. The third kappa shape index (κ3) is 5.28. The zero-order valence-electron chi connectivity index (χ0n) is 20.6. The van der Waals surface area contributed by atoms with Crippen molar-refractivity contribution in [3.05, 3.63) is 133 Å². The van der Waals surface area contributed by atoms with E-state index < -0.39 is 7.21 Å². The number of nitrogens with one attached hydrogen (secondary N) is 1. The normalized spacial score (nSPS) is 11.4. The number of anilines is 1. The SMILES string of the molecule is Cc1c(NP(=Nc2ccc(Br)cc2)(c2ccc(Br)cc2)c2ccc(Br)cc2)c(=O)n(-c2ccccc2)n1C. The minimum atomic E-state index is -2.76. The molecule has 4 aromatic carbocycles. The molecule has 1 aromatic heterocycles. The molecule has 192 valence electrons. The van der Waals surface area contributed by atoms with Gasteiger partial charge in [0.05, 0.1) is 17.1 Å². The van der Waals surface area contributed by atoms with Crippen molar-refractivity contribution in [3.63, 3.8) is 0 Å². The number of para-hydroxylation sites is 1. The zero-order valence-corrected chi connectivity index (χ0v) is 26.3. The summed E-state index contributed by atoms with van der Waals surface area (Å²) in [5.74, 6) is 0. The molecule has 38 heavy (non-hydrogen) atoms. The second-order valence-electron chi connectivity index (χ2n) is 8.71. The highest BCUT2D eigenvalue weighted by molar-refractivity contribution is 9.11. The Morgan fingerprint density at radius 2 is 1.18 bits per heavy atom. The van der Waals surface area contributed by atoms with E-state index in [4.69, 9.17) is 4.74 Å². The van der Waals surface area contributed by atoms with Crippen LogP contribution in [0.15, 0.2) is 126 Å². The molecule has 0 radical (unpaired) electrons. The minimum absolute atomic E-state index is 0.124. The molecule has 5 nitrogen and oxygen atoms in total. The average Bonchev–Trinajstić information content (AvgIpc) is 3.13. The Morgan fingerprint density at radius 3 is 1.68 bits per heavy atom. The number of rotatable bonds is 6. The monoisotopic (exact) mass is 712 g/mol. The number of halogens is 3. The summed E-state index contributed by atoms with van der Waals surface area (Å²) in [5.41, 5.74) is 2.84. The molecule has 0 unspecified atom stereocenters. The lowest BCUT2D eigenvalue weighted by molar-refractivity contribution is 0.630. The first-order valence-corrected chi connectivity index (χ1v) is 15.9. The van der Waals surface area contributed by atoms with E-state index in [1.807, 2.05) is 97.5 Å². The molecule has 0 atom stereocenters. The Bertz CT molecular complexity index is 1640. The van der Waals surface area contributed by atoms with E-state index in [2.05, 4.69) is 77.1 Å². The Labute approximate surface area is 247 Å². The van der Waals surface area contributed by atoms with Crippen molar-refractivity contribution in [1.29, 1.82) is 0 Å². The number of hydrogen-bond acceptors (Lipinski definition) is 2. The molecule has 0 aliphatic carbocycles. The van der Waals surface area contributed by atoms with Crippen LogP contribution in [0.5, 0.6) is 0 Å². The van der Waals surface area contributed by atoms with Gasteiger partial charge in [0.25, 0.3) is 5.56 Å². The number of nitrogens with zero attached hydrogens (tertiary/aromatic N) is 3. The summed E-state index contributed by atoms with van der Waals surface area (Å²) >= 11 is 10.7. The van der Waals surface area contributed by atoms with Gasteiger partial charge in [0, 0.05) is 31.1 Å². The minimum Gasteiger partial charge on any atom is -0.339 e. The molecule has 0 spiro atoms. The van der Waals surface area contributed by atoms with E-state index in [-0.39, 0.29) is 5.56 Å². The van der Waals surface area contributed by atoms with Gasteiger partial charge in [-0.2, -0.15) is 0 Å². The highest BCUT2D eigenvalue weighted by atomic mass is 79.9. The van der Waals surface area contributed by atoms with Gasteiger partial charge >= 0.3 is 0 Å². The van der Waals surface area contributed by atoms with Crippen LogP contribution >= 0.6 is 55.0 Å². The lowest BCUT2D eigenvalue weighted by Gasteiger charge is -2.28. The first kappa shape index (κ1) is 26.9. The smallest absolute Gasteiger partial charge is 0.295 e. The van der Waals surface area contributed by atoms with Gasteiger partial charge in [-0.3, -0.25) is 9.48 Å². The number of aromatic nitrogens is 2. The van der Waals surface area contributed by atoms with E-state index in [0.29, 0.717) is 5.69 Å². The summed E-state index contributed by atoms with van der Waals surface area (Å²) in [6.07, 6.45) is 0. The summed E-state index contributed by atoms with van der Waals surface area (Å²) in [4.78, 5) is 14.0. The zero-order chi connectivity index (χ0) is 26.9. The van der Waals surface area contributed by atoms with E-state index >= 15 is 0 Å². The molecular weight excluding hydrogens is 691 g/mol. The van der Waals surface area contributed by atoms with Gasteiger partial charge in [0.15, 0.2) is 0 Å². The third-order valence-corrected chi connectivity index (χ3v) is 11.1. The molecule has 0 bridgehead atoms. The Morgan fingerprint density at radius 1 is 0.711 bits per heavy atom. The summed E-state index contributed by atoms with van der Waals surface area (Å²) < 4.78 is 11.9. The van der Waals surface area contributed by atoms with E-state index in [0.717, 1.165) is 41.1 Å². The maximum absolute atomic E-state index is 14.0. The Kier molecular flexibility index (Phi) is 7.96. The molecule has 0 saturated carbocycles. The molecular formula is C29H24Br3N4OP. The van der Waals surface area contributed by atoms with Crippen LogP contribution < -0.4 is 21.3 Å². The maximum atomic E-state index is 14.0.